The molecule has 0 atom stereocenters. The fourth-order valence-electron chi connectivity index (χ4n) is 4.61. The Hall–Kier alpha value is -2.44. The van der Waals surface area contributed by atoms with E-state index in [4.69, 9.17) is 0 Å². The van der Waals surface area contributed by atoms with Crippen LogP contribution in [0.5, 0.6) is 23.0 Å². The van der Waals surface area contributed by atoms with Gasteiger partial charge in [0.2, 0.25) is 0 Å². The molecule has 0 unspecified atom stereocenters. The lowest BCUT2D eigenvalue weighted by molar-refractivity contribution is 0.393. The van der Waals surface area contributed by atoms with Gasteiger partial charge in [0.05, 0.1) is 0 Å². The van der Waals surface area contributed by atoms with Crippen LogP contribution in [0, 0.1) is 0 Å². The van der Waals surface area contributed by atoms with E-state index >= 15 is 0 Å². The van der Waals surface area contributed by atoms with Crippen molar-refractivity contribution in [2.24, 2.45) is 0 Å². The Morgan fingerprint density at radius 1 is 0.676 bits per heavy atom. The second-order valence-corrected chi connectivity index (χ2v) is 9.71. The van der Waals surface area contributed by atoms with Gasteiger partial charge in [0.25, 0.3) is 0 Å². The maximum absolute atomic E-state index is 10.2. The highest BCUT2D eigenvalue weighted by Crippen LogP contribution is 2.37. The molecule has 0 aliphatic rings. The number of rotatable bonds is 15. The lowest BCUT2D eigenvalue weighted by Crippen LogP contribution is -2.34. The average molecular weight is 473 g/mol. The molecule has 0 aliphatic heterocycles. The van der Waals surface area contributed by atoms with Gasteiger partial charge in [-0.3, -0.25) is 0 Å². The lowest BCUT2D eigenvalue weighted by Gasteiger charge is -2.29. The van der Waals surface area contributed by atoms with Crippen molar-refractivity contribution in [1.29, 1.82) is 0 Å². The summed E-state index contributed by atoms with van der Waals surface area (Å²) >= 11 is 0. The monoisotopic (exact) mass is 472 g/mol. The van der Waals surface area contributed by atoms with Gasteiger partial charge in [-0.2, -0.15) is 0 Å². The van der Waals surface area contributed by atoms with Gasteiger partial charge >= 0.3 is 0 Å². The average Bonchev–Trinajstić information content (AvgIpc) is 2.81. The molecule has 0 radical (unpaired) electrons. The van der Waals surface area contributed by atoms with Crippen molar-refractivity contribution >= 4 is 0 Å². The first-order chi connectivity index (χ1) is 16.2. The number of unbranched alkanes of at least 4 members (excludes halogenated alkanes) is 3. The quantitative estimate of drug-likeness (QED) is 0.163. The van der Waals surface area contributed by atoms with Gasteiger partial charge in [0.15, 0.2) is 23.0 Å². The van der Waals surface area contributed by atoms with Gasteiger partial charge < -0.3 is 31.1 Å². The van der Waals surface area contributed by atoms with Crippen LogP contribution < -0.4 is 10.6 Å². The summed E-state index contributed by atoms with van der Waals surface area (Å²) < 4.78 is 0. The molecular weight excluding hydrogens is 428 g/mol. The smallest absolute Gasteiger partial charge is 0.160 e. The van der Waals surface area contributed by atoms with Crippen molar-refractivity contribution in [2.75, 3.05) is 26.2 Å². The Balaban J connectivity index is 1.59. The molecule has 34 heavy (non-hydrogen) atoms. The van der Waals surface area contributed by atoms with Crippen molar-refractivity contribution in [3.63, 3.8) is 0 Å². The van der Waals surface area contributed by atoms with Crippen molar-refractivity contribution in [3.05, 3.63) is 46.5 Å². The molecule has 0 spiro atoms. The molecule has 2 aromatic carbocycles. The zero-order chi connectivity index (χ0) is 25.1. The van der Waals surface area contributed by atoms with Gasteiger partial charge in [-0.15, -0.1) is 0 Å². The van der Waals surface area contributed by atoms with Crippen molar-refractivity contribution in [1.82, 2.24) is 10.6 Å². The number of phenols is 4. The van der Waals surface area contributed by atoms with E-state index in [1.807, 2.05) is 26.0 Å². The molecular formula is C28H44N2O4. The van der Waals surface area contributed by atoms with E-state index < -0.39 is 0 Å². The molecule has 0 amide bonds. The van der Waals surface area contributed by atoms with Gasteiger partial charge in [-0.25, -0.2) is 0 Å². The molecule has 0 aromatic heterocycles. The zero-order valence-corrected chi connectivity index (χ0v) is 21.4. The topological polar surface area (TPSA) is 105 Å². The van der Waals surface area contributed by atoms with Crippen LogP contribution in [-0.4, -0.2) is 46.6 Å². The largest absolute Gasteiger partial charge is 0.504 e. The normalized spacial score (nSPS) is 11.8. The van der Waals surface area contributed by atoms with Gasteiger partial charge in [-0.1, -0.05) is 52.7 Å². The zero-order valence-electron chi connectivity index (χ0n) is 21.4. The summed E-state index contributed by atoms with van der Waals surface area (Å²) in [6.45, 7) is 11.9. The van der Waals surface area contributed by atoms with E-state index in [2.05, 4.69) is 24.5 Å². The third-order valence-corrected chi connectivity index (χ3v) is 6.65. The Labute approximate surface area is 205 Å². The van der Waals surface area contributed by atoms with E-state index in [9.17, 15) is 20.4 Å². The van der Waals surface area contributed by atoms with Crippen LogP contribution >= 0.6 is 0 Å². The SMILES string of the molecule is CCc1c(CCNCCCCCCNCC(C)(C)c2ccc(O)c(O)c2CC)ccc(O)c1O. The molecule has 0 fully saturated rings. The Morgan fingerprint density at radius 3 is 1.85 bits per heavy atom. The summed E-state index contributed by atoms with van der Waals surface area (Å²) in [4.78, 5) is 0. The summed E-state index contributed by atoms with van der Waals surface area (Å²) in [6, 6.07) is 6.97. The van der Waals surface area contributed by atoms with Gasteiger partial charge in [-0.05, 0) is 75.0 Å². The first-order valence-electron chi connectivity index (χ1n) is 12.7. The molecule has 190 valence electrons. The first-order valence-corrected chi connectivity index (χ1v) is 12.7. The molecule has 2 aromatic rings. The van der Waals surface area contributed by atoms with Crippen LogP contribution in [-0.2, 0) is 24.7 Å². The molecule has 6 heteroatoms. The molecule has 2 rings (SSSR count). The second-order valence-electron chi connectivity index (χ2n) is 9.71. The minimum Gasteiger partial charge on any atom is -0.504 e. The second kappa shape index (κ2) is 13.4. The Bertz CT molecular complexity index is 912. The fraction of sp³-hybridized carbons (Fsp3) is 0.571. The molecule has 0 aliphatic carbocycles. The van der Waals surface area contributed by atoms with E-state index in [1.165, 1.54) is 12.8 Å². The predicted octanol–water partition coefficient (Wildman–Crippen LogP) is 4.89. The molecule has 6 nitrogen and oxygen atoms in total. The molecule has 0 bridgehead atoms. The molecule has 0 heterocycles. The first kappa shape index (κ1) is 27.8. The van der Waals surface area contributed by atoms with E-state index in [-0.39, 0.29) is 28.4 Å². The third kappa shape index (κ3) is 7.54. The van der Waals surface area contributed by atoms with E-state index in [1.54, 1.807) is 12.1 Å². The molecule has 0 saturated carbocycles. The standard InChI is InChI=1S/C28H44N2O4/c1-5-21-20(11-13-24(31)26(21)33)15-18-29-16-9-7-8-10-17-30-19-28(3,4)23-12-14-25(32)27(34)22(23)6-2/h11-14,29-34H,5-10,15-19H2,1-4H3. The number of hydrogen-bond donors (Lipinski definition) is 6. The minimum absolute atomic E-state index is 0.00806. The summed E-state index contributed by atoms with van der Waals surface area (Å²) in [5, 5.41) is 46.7. The highest BCUT2D eigenvalue weighted by Gasteiger charge is 2.25. The summed E-state index contributed by atoms with van der Waals surface area (Å²) in [7, 11) is 0. The number of hydrogen-bond acceptors (Lipinski definition) is 6. The van der Waals surface area contributed by atoms with E-state index in [0.29, 0.717) is 12.8 Å². The highest BCUT2D eigenvalue weighted by molar-refractivity contribution is 5.51. The van der Waals surface area contributed by atoms with Gasteiger partial charge in [0.1, 0.15) is 0 Å². The number of nitrogens with one attached hydrogen (secondary N) is 2. The summed E-state index contributed by atoms with van der Waals surface area (Å²) in [6.07, 6.45) is 6.87. The number of phenolic OH excluding ortho intramolecular Hbond substituents is 4. The highest BCUT2D eigenvalue weighted by atomic mass is 16.3. The Morgan fingerprint density at radius 2 is 1.24 bits per heavy atom. The van der Waals surface area contributed by atoms with Crippen LogP contribution in [0.25, 0.3) is 0 Å². The van der Waals surface area contributed by atoms with Crippen LogP contribution in [0.4, 0.5) is 0 Å². The third-order valence-electron chi connectivity index (χ3n) is 6.65. The van der Waals surface area contributed by atoms with Crippen LogP contribution in [0.15, 0.2) is 24.3 Å². The maximum atomic E-state index is 10.2. The predicted molar refractivity (Wildman–Crippen MR) is 139 cm³/mol. The van der Waals surface area contributed by atoms with Crippen LogP contribution in [0.1, 0.15) is 75.6 Å². The van der Waals surface area contributed by atoms with Crippen LogP contribution in [0.3, 0.4) is 0 Å². The van der Waals surface area contributed by atoms with Crippen LogP contribution in [0.2, 0.25) is 0 Å². The molecule has 0 saturated heterocycles. The fourth-order valence-corrected chi connectivity index (χ4v) is 4.61. The van der Waals surface area contributed by atoms with Gasteiger partial charge in [0, 0.05) is 23.1 Å². The van der Waals surface area contributed by atoms with Crippen molar-refractivity contribution in [2.45, 2.75) is 78.1 Å². The minimum atomic E-state index is -0.133. The summed E-state index contributed by atoms with van der Waals surface area (Å²) in [5.41, 5.74) is 3.70. The number of benzene rings is 2. The van der Waals surface area contributed by atoms with E-state index in [0.717, 1.165) is 67.7 Å². The number of aromatic hydroxyl groups is 4. The molecule has 6 N–H and O–H groups in total. The van der Waals surface area contributed by atoms with Crippen molar-refractivity contribution in [3.8, 4) is 23.0 Å². The lowest BCUT2D eigenvalue weighted by atomic mass is 9.80. The summed E-state index contributed by atoms with van der Waals surface area (Å²) in [5.74, 6) is -0.0705. The van der Waals surface area contributed by atoms with Crippen molar-refractivity contribution < 1.29 is 20.4 Å². The maximum Gasteiger partial charge on any atom is 0.160 e. The Kier molecular flexibility index (Phi) is 11.0.